The molecule has 0 amide bonds. The fourth-order valence-electron chi connectivity index (χ4n) is 0.637. The molecule has 0 N–H and O–H groups in total. The Kier molecular flexibility index (Phi) is 13.8. The van der Waals surface area contributed by atoms with Crippen LogP contribution in [0.1, 0.15) is 13.3 Å². The van der Waals surface area contributed by atoms with Crippen molar-refractivity contribution in [1.82, 2.24) is 0 Å². The molecule has 0 saturated carbocycles. The summed E-state index contributed by atoms with van der Waals surface area (Å²) in [6, 6.07) is 2.67. The first-order chi connectivity index (χ1) is 5.27. The summed E-state index contributed by atoms with van der Waals surface area (Å²) < 4.78 is 0. The molecular weight excluding hydrogens is 234 g/mol. The number of hydrogen-bond acceptors (Lipinski definition) is 2. The monoisotopic (exact) mass is 252 g/mol. The minimum Gasteiger partial charge on any atom is -0.147 e. The van der Waals surface area contributed by atoms with Crippen LogP contribution in [0.4, 0.5) is 0 Å². The van der Waals surface area contributed by atoms with Gasteiger partial charge in [0.25, 0.3) is 0 Å². The Labute approximate surface area is 86.2 Å². The molecule has 0 rings (SSSR count). The molecule has 4 heteroatoms. The van der Waals surface area contributed by atoms with Gasteiger partial charge >= 0.3 is 73.7 Å². The minimum atomic E-state index is -0.404. The van der Waals surface area contributed by atoms with E-state index in [-0.39, 0.29) is 12.4 Å². The average molecular weight is 253 g/mol. The Morgan fingerprint density at radius 3 is 2.42 bits per heavy atom. The number of rotatable bonds is 5. The predicted molar refractivity (Wildman–Crippen MR) is 59.4 cm³/mol. The zero-order valence-corrected chi connectivity index (χ0v) is 10.8. The molecule has 0 radical (unpaired) electrons. The van der Waals surface area contributed by atoms with E-state index in [2.05, 4.69) is 27.4 Å². The van der Waals surface area contributed by atoms with Crippen LogP contribution in [0.15, 0.2) is 9.98 Å². The van der Waals surface area contributed by atoms with Crippen LogP contribution in [0.3, 0.4) is 0 Å². The molecule has 0 aromatic carbocycles. The predicted octanol–water partition coefficient (Wildman–Crippen LogP) is 2.75. The SMILES string of the molecule is CCN=C=NCCC[As](C)C.Cl. The van der Waals surface area contributed by atoms with Crippen LogP contribution in [0.2, 0.25) is 16.6 Å². The molecule has 0 aromatic heterocycles. The topological polar surface area (TPSA) is 24.7 Å². The summed E-state index contributed by atoms with van der Waals surface area (Å²) in [7, 11) is 0. The Bertz CT molecular complexity index is 142. The first-order valence-corrected chi connectivity index (χ1v) is 9.08. The van der Waals surface area contributed by atoms with Crippen molar-refractivity contribution in [1.29, 1.82) is 0 Å². The van der Waals surface area contributed by atoms with Gasteiger partial charge in [-0.05, 0) is 0 Å². The van der Waals surface area contributed by atoms with Crippen LogP contribution < -0.4 is 0 Å². The molecule has 0 bridgehead atoms. The second kappa shape index (κ2) is 11.2. The minimum absolute atomic E-state index is 0. The second-order valence-corrected chi connectivity index (χ2v) is 8.08. The van der Waals surface area contributed by atoms with Gasteiger partial charge in [-0.2, -0.15) is 0 Å². The van der Waals surface area contributed by atoms with Crippen LogP contribution >= 0.6 is 12.4 Å². The zero-order chi connectivity index (χ0) is 8.53. The summed E-state index contributed by atoms with van der Waals surface area (Å²) in [5, 5.41) is 1.39. The fourth-order valence-corrected chi connectivity index (χ4v) is 2.26. The summed E-state index contributed by atoms with van der Waals surface area (Å²) in [5.74, 6) is 0. The van der Waals surface area contributed by atoms with E-state index in [1.165, 1.54) is 11.6 Å². The Balaban J connectivity index is 0. The number of halogens is 1. The summed E-state index contributed by atoms with van der Waals surface area (Å²) in [5.41, 5.74) is 4.74. The summed E-state index contributed by atoms with van der Waals surface area (Å²) in [4.78, 5) is 7.92. The standard InChI is InChI=1S/C8H17AsN2.ClH/c1-4-10-8-11-7-5-6-9(2)3;/h4-7H2,1-3H3;1H. The average Bonchev–Trinajstić information content (AvgIpc) is 1.96. The Hall–Kier alpha value is 0.228. The van der Waals surface area contributed by atoms with E-state index >= 15 is 0 Å². The quantitative estimate of drug-likeness (QED) is 0.408. The summed E-state index contributed by atoms with van der Waals surface area (Å²) in [6.45, 7) is 3.70. The molecule has 72 valence electrons. The van der Waals surface area contributed by atoms with Gasteiger partial charge in [0.1, 0.15) is 0 Å². The molecule has 0 atom stereocenters. The van der Waals surface area contributed by atoms with Crippen molar-refractivity contribution in [2.45, 2.75) is 30.0 Å². The molecule has 0 spiro atoms. The van der Waals surface area contributed by atoms with Crippen molar-refractivity contribution in [2.24, 2.45) is 9.98 Å². The summed E-state index contributed by atoms with van der Waals surface area (Å²) >= 11 is -0.404. The van der Waals surface area contributed by atoms with E-state index in [9.17, 15) is 0 Å². The van der Waals surface area contributed by atoms with Gasteiger partial charge in [-0.1, -0.05) is 0 Å². The number of aliphatic imine (C=N–C) groups is 2. The van der Waals surface area contributed by atoms with E-state index in [1.54, 1.807) is 0 Å². The molecule has 0 aliphatic rings. The smallest absolute Gasteiger partial charge is 0.147 e. The van der Waals surface area contributed by atoms with Crippen LogP contribution in [0, 0.1) is 0 Å². The van der Waals surface area contributed by atoms with Crippen molar-refractivity contribution in [3.63, 3.8) is 0 Å². The fraction of sp³-hybridized carbons (Fsp3) is 0.875. The van der Waals surface area contributed by atoms with E-state index in [4.69, 9.17) is 0 Å². The first-order valence-electron chi connectivity index (χ1n) is 4.00. The van der Waals surface area contributed by atoms with Crippen LogP contribution in [0.5, 0.6) is 0 Å². The van der Waals surface area contributed by atoms with Crippen molar-refractivity contribution < 1.29 is 0 Å². The summed E-state index contributed by atoms with van der Waals surface area (Å²) in [6.07, 6.45) is 1.22. The van der Waals surface area contributed by atoms with Gasteiger partial charge < -0.3 is 0 Å². The molecule has 12 heavy (non-hydrogen) atoms. The van der Waals surface area contributed by atoms with Crippen molar-refractivity contribution in [2.75, 3.05) is 13.1 Å². The van der Waals surface area contributed by atoms with Gasteiger partial charge in [0.15, 0.2) is 0 Å². The largest absolute Gasteiger partial charge is 0.147 e. The van der Waals surface area contributed by atoms with E-state index < -0.39 is 14.7 Å². The number of hydrogen-bond donors (Lipinski definition) is 0. The molecule has 0 saturated heterocycles. The first kappa shape index (κ1) is 14.7. The van der Waals surface area contributed by atoms with Gasteiger partial charge in [0, 0.05) is 0 Å². The number of nitrogens with zero attached hydrogens (tertiary/aromatic N) is 2. The van der Waals surface area contributed by atoms with Crippen LogP contribution in [-0.4, -0.2) is 33.7 Å². The molecule has 0 unspecified atom stereocenters. The molecule has 0 aliphatic carbocycles. The molecule has 2 nitrogen and oxygen atoms in total. The van der Waals surface area contributed by atoms with Crippen molar-refractivity contribution in [3.8, 4) is 0 Å². The molecule has 0 fully saturated rings. The van der Waals surface area contributed by atoms with Gasteiger partial charge in [-0.25, -0.2) is 0 Å². The molecular formula is C8H18AsClN2. The maximum absolute atomic E-state index is 4.04. The van der Waals surface area contributed by atoms with Crippen molar-refractivity contribution >= 4 is 33.1 Å². The van der Waals surface area contributed by atoms with Crippen LogP contribution in [-0.2, 0) is 0 Å². The Morgan fingerprint density at radius 2 is 1.92 bits per heavy atom. The third-order valence-electron chi connectivity index (χ3n) is 1.17. The maximum atomic E-state index is 4.04. The molecule has 0 aliphatic heterocycles. The third-order valence-corrected chi connectivity index (χ3v) is 3.71. The van der Waals surface area contributed by atoms with Gasteiger partial charge in [0.05, 0.1) is 0 Å². The van der Waals surface area contributed by atoms with Gasteiger partial charge in [0.2, 0.25) is 0 Å². The Morgan fingerprint density at radius 1 is 1.25 bits per heavy atom. The van der Waals surface area contributed by atoms with Crippen LogP contribution in [0.25, 0.3) is 0 Å². The second-order valence-electron chi connectivity index (χ2n) is 2.61. The van der Waals surface area contributed by atoms with Gasteiger partial charge in [-0.3, -0.25) is 0 Å². The third kappa shape index (κ3) is 12.9. The van der Waals surface area contributed by atoms with Gasteiger partial charge in [-0.15, -0.1) is 12.4 Å². The van der Waals surface area contributed by atoms with Crippen molar-refractivity contribution in [3.05, 3.63) is 0 Å². The molecule has 0 aromatic rings. The molecule has 0 heterocycles. The maximum Gasteiger partial charge on any atom is -0.147 e. The van der Waals surface area contributed by atoms with E-state index in [0.29, 0.717) is 0 Å². The normalized spacial score (nSPS) is 8.67. The van der Waals surface area contributed by atoms with E-state index in [1.807, 2.05) is 6.92 Å². The van der Waals surface area contributed by atoms with E-state index in [0.717, 1.165) is 13.1 Å². The zero-order valence-electron chi connectivity index (χ0n) is 8.08.